The summed E-state index contributed by atoms with van der Waals surface area (Å²) in [6, 6.07) is 13.0. The van der Waals surface area contributed by atoms with E-state index in [0.717, 1.165) is 11.4 Å². The number of aryl methyl sites for hydroxylation is 1. The van der Waals surface area contributed by atoms with Crippen LogP contribution in [-0.4, -0.2) is 15.5 Å². The van der Waals surface area contributed by atoms with Crippen LogP contribution in [0.25, 0.3) is 11.5 Å². The molecule has 0 atom stereocenters. The average molecular weight is 267 g/mol. The van der Waals surface area contributed by atoms with Gasteiger partial charge in [-0.2, -0.15) is 0 Å². The number of nitrogens with one attached hydrogen (secondary N) is 1. The quantitative estimate of drug-likeness (QED) is 0.793. The van der Waals surface area contributed by atoms with Crippen LogP contribution in [0.4, 0.5) is 5.69 Å². The largest absolute Gasteiger partial charge is 0.441 e. The molecule has 3 aromatic rings. The molecule has 3 rings (SSSR count). The highest BCUT2D eigenvalue weighted by Gasteiger charge is 2.19. The van der Waals surface area contributed by atoms with Crippen molar-refractivity contribution >= 4 is 11.6 Å². The maximum absolute atomic E-state index is 12.3. The Morgan fingerprint density at radius 1 is 1.20 bits per heavy atom. The predicted octanol–water partition coefficient (Wildman–Crippen LogP) is 2.93. The lowest BCUT2D eigenvalue weighted by atomic mass is 10.2. The highest BCUT2D eigenvalue weighted by Crippen LogP contribution is 2.23. The van der Waals surface area contributed by atoms with E-state index in [1.165, 1.54) is 6.39 Å². The summed E-state index contributed by atoms with van der Waals surface area (Å²) in [7, 11) is 1.89. The summed E-state index contributed by atoms with van der Waals surface area (Å²) in [5.41, 5.74) is 1.80. The van der Waals surface area contributed by atoms with Crippen LogP contribution in [0.1, 0.15) is 10.5 Å². The first kappa shape index (κ1) is 12.2. The van der Waals surface area contributed by atoms with Crippen LogP contribution in [0.15, 0.2) is 59.5 Å². The molecule has 0 saturated carbocycles. The molecule has 0 saturated heterocycles. The highest BCUT2D eigenvalue weighted by molar-refractivity contribution is 6.06. The Morgan fingerprint density at radius 3 is 2.70 bits per heavy atom. The number of hydrogen-bond acceptors (Lipinski definition) is 3. The fourth-order valence-electron chi connectivity index (χ4n) is 2.00. The molecule has 0 bridgehead atoms. The maximum Gasteiger partial charge on any atom is 0.278 e. The number of carbonyl (C=O) groups is 1. The highest BCUT2D eigenvalue weighted by atomic mass is 16.3. The topological polar surface area (TPSA) is 60.1 Å². The van der Waals surface area contributed by atoms with Gasteiger partial charge in [0.2, 0.25) is 0 Å². The number of amides is 1. The summed E-state index contributed by atoms with van der Waals surface area (Å²) in [4.78, 5) is 16.3. The summed E-state index contributed by atoms with van der Waals surface area (Å²) in [5.74, 6) is 0.173. The Labute approximate surface area is 115 Å². The Hall–Kier alpha value is -2.82. The second-order valence-electron chi connectivity index (χ2n) is 4.35. The summed E-state index contributed by atoms with van der Waals surface area (Å²) < 4.78 is 7.23. The number of oxazole rings is 1. The lowest BCUT2D eigenvalue weighted by molar-refractivity contribution is 0.102. The minimum absolute atomic E-state index is 0.274. The molecule has 100 valence electrons. The van der Waals surface area contributed by atoms with Gasteiger partial charge in [-0.1, -0.05) is 18.2 Å². The third-order valence-corrected chi connectivity index (χ3v) is 2.99. The van der Waals surface area contributed by atoms with Gasteiger partial charge < -0.3 is 14.3 Å². The lowest BCUT2D eigenvalue weighted by Crippen LogP contribution is -2.13. The smallest absolute Gasteiger partial charge is 0.278 e. The van der Waals surface area contributed by atoms with Crippen molar-refractivity contribution in [3.05, 3.63) is 60.7 Å². The van der Waals surface area contributed by atoms with Gasteiger partial charge in [0.15, 0.2) is 17.8 Å². The van der Waals surface area contributed by atoms with E-state index in [1.54, 1.807) is 0 Å². The molecule has 1 N–H and O–H groups in total. The van der Waals surface area contributed by atoms with E-state index in [1.807, 2.05) is 60.3 Å². The van der Waals surface area contributed by atoms with Crippen LogP contribution in [0, 0.1) is 0 Å². The van der Waals surface area contributed by atoms with Gasteiger partial charge >= 0.3 is 0 Å². The van der Waals surface area contributed by atoms with Crippen molar-refractivity contribution in [2.75, 3.05) is 5.32 Å². The molecule has 2 aromatic heterocycles. The van der Waals surface area contributed by atoms with Gasteiger partial charge in [-0.15, -0.1) is 0 Å². The van der Waals surface area contributed by atoms with E-state index in [0.29, 0.717) is 5.76 Å². The van der Waals surface area contributed by atoms with Gasteiger partial charge in [0.1, 0.15) is 0 Å². The molecular formula is C15H13N3O2. The zero-order valence-electron chi connectivity index (χ0n) is 10.9. The first-order valence-corrected chi connectivity index (χ1v) is 6.17. The number of hydrogen-bond donors (Lipinski definition) is 1. The van der Waals surface area contributed by atoms with Crippen LogP contribution in [0.2, 0.25) is 0 Å². The Morgan fingerprint density at radius 2 is 2.00 bits per heavy atom. The van der Waals surface area contributed by atoms with Crippen molar-refractivity contribution in [2.45, 2.75) is 0 Å². The van der Waals surface area contributed by atoms with Gasteiger partial charge in [-0.05, 0) is 24.3 Å². The first-order chi connectivity index (χ1) is 9.75. The number of anilines is 1. The zero-order valence-corrected chi connectivity index (χ0v) is 10.9. The molecule has 0 unspecified atom stereocenters. The SMILES string of the molecule is Cn1cccc1-c1ocnc1C(=O)Nc1ccccc1. The minimum Gasteiger partial charge on any atom is -0.441 e. The van der Waals surface area contributed by atoms with Crippen molar-refractivity contribution < 1.29 is 9.21 Å². The van der Waals surface area contributed by atoms with Gasteiger partial charge in [0.25, 0.3) is 5.91 Å². The zero-order chi connectivity index (χ0) is 13.9. The fraction of sp³-hybridized carbons (Fsp3) is 0.0667. The van der Waals surface area contributed by atoms with Gasteiger partial charge in [0, 0.05) is 18.9 Å². The molecule has 0 radical (unpaired) electrons. The van der Waals surface area contributed by atoms with Crippen LogP contribution in [-0.2, 0) is 7.05 Å². The first-order valence-electron chi connectivity index (χ1n) is 6.17. The minimum atomic E-state index is -0.291. The molecule has 0 aliphatic rings. The average Bonchev–Trinajstić information content (AvgIpc) is 3.07. The number of nitrogens with zero attached hydrogens (tertiary/aromatic N) is 2. The summed E-state index contributed by atoms with van der Waals surface area (Å²) in [6.07, 6.45) is 3.17. The van der Waals surface area contributed by atoms with Crippen molar-refractivity contribution in [2.24, 2.45) is 7.05 Å². The number of carbonyl (C=O) groups excluding carboxylic acids is 1. The summed E-state index contributed by atoms with van der Waals surface area (Å²) >= 11 is 0. The molecule has 0 aliphatic heterocycles. The molecular weight excluding hydrogens is 254 g/mol. The van der Waals surface area contributed by atoms with Crippen LogP contribution >= 0.6 is 0 Å². The van der Waals surface area contributed by atoms with Crippen molar-refractivity contribution in [3.63, 3.8) is 0 Å². The molecule has 0 fully saturated rings. The molecule has 2 heterocycles. The lowest BCUT2D eigenvalue weighted by Gasteiger charge is -2.05. The molecule has 5 heteroatoms. The van der Waals surface area contributed by atoms with E-state index in [2.05, 4.69) is 10.3 Å². The second kappa shape index (κ2) is 5.05. The Bertz CT molecular complexity index is 728. The molecule has 0 aliphatic carbocycles. The van der Waals surface area contributed by atoms with Crippen molar-refractivity contribution in [3.8, 4) is 11.5 Å². The predicted molar refractivity (Wildman–Crippen MR) is 75.3 cm³/mol. The second-order valence-corrected chi connectivity index (χ2v) is 4.35. The monoisotopic (exact) mass is 267 g/mol. The van der Waals surface area contributed by atoms with E-state index in [9.17, 15) is 4.79 Å². The molecule has 1 amide bonds. The fourth-order valence-corrected chi connectivity index (χ4v) is 2.00. The molecule has 20 heavy (non-hydrogen) atoms. The standard InChI is InChI=1S/C15H13N3O2/c1-18-9-5-8-12(18)14-13(16-10-20-14)15(19)17-11-6-3-2-4-7-11/h2-10H,1H3,(H,17,19). The number of rotatable bonds is 3. The van der Waals surface area contributed by atoms with Gasteiger partial charge in [-0.25, -0.2) is 4.98 Å². The van der Waals surface area contributed by atoms with Gasteiger partial charge in [0.05, 0.1) is 5.69 Å². The van der Waals surface area contributed by atoms with E-state index in [4.69, 9.17) is 4.42 Å². The third kappa shape index (κ3) is 2.21. The number of benzene rings is 1. The maximum atomic E-state index is 12.3. The molecule has 5 nitrogen and oxygen atoms in total. The van der Waals surface area contributed by atoms with Crippen LogP contribution < -0.4 is 5.32 Å². The third-order valence-electron chi connectivity index (χ3n) is 2.99. The number of aromatic nitrogens is 2. The van der Waals surface area contributed by atoms with Crippen molar-refractivity contribution in [1.29, 1.82) is 0 Å². The van der Waals surface area contributed by atoms with Crippen molar-refractivity contribution in [1.82, 2.24) is 9.55 Å². The van der Waals surface area contributed by atoms with E-state index >= 15 is 0 Å². The van der Waals surface area contributed by atoms with Gasteiger partial charge in [-0.3, -0.25) is 4.79 Å². The van der Waals surface area contributed by atoms with E-state index < -0.39 is 0 Å². The molecule has 1 aromatic carbocycles. The summed E-state index contributed by atoms with van der Waals surface area (Å²) in [6.45, 7) is 0. The Balaban J connectivity index is 1.90. The molecule has 0 spiro atoms. The summed E-state index contributed by atoms with van der Waals surface area (Å²) in [5, 5.41) is 2.80. The van der Waals surface area contributed by atoms with E-state index in [-0.39, 0.29) is 11.6 Å². The number of para-hydroxylation sites is 1. The normalized spacial score (nSPS) is 10.4. The Kier molecular flexibility index (Phi) is 3.09. The van der Waals surface area contributed by atoms with Crippen LogP contribution in [0.5, 0.6) is 0 Å². The van der Waals surface area contributed by atoms with Crippen LogP contribution in [0.3, 0.4) is 0 Å².